The zero-order valence-corrected chi connectivity index (χ0v) is 18.8. The molecule has 0 saturated carbocycles. The summed E-state index contributed by atoms with van der Waals surface area (Å²) < 4.78 is 33.4. The number of amides is 1. The zero-order valence-electron chi connectivity index (χ0n) is 18.0. The molecule has 0 saturated heterocycles. The van der Waals surface area contributed by atoms with Crippen LogP contribution >= 0.6 is 0 Å². The molecule has 3 aromatic carbocycles. The van der Waals surface area contributed by atoms with Crippen molar-refractivity contribution in [2.75, 3.05) is 10.0 Å². The van der Waals surface area contributed by atoms with Crippen LogP contribution in [-0.2, 0) is 10.0 Å². The number of ether oxygens (including phenoxy) is 1. The topological polar surface area (TPSA) is 84.5 Å². The van der Waals surface area contributed by atoms with E-state index in [4.69, 9.17) is 4.74 Å². The molecule has 0 radical (unpaired) electrons. The maximum absolute atomic E-state index is 12.6. The van der Waals surface area contributed by atoms with Crippen LogP contribution in [0.2, 0.25) is 0 Å². The Labute approximate surface area is 183 Å². The third-order valence-electron chi connectivity index (χ3n) is 4.55. The van der Waals surface area contributed by atoms with Crippen LogP contribution in [0.3, 0.4) is 0 Å². The minimum atomic E-state index is -3.71. The van der Waals surface area contributed by atoms with Gasteiger partial charge in [0.15, 0.2) is 0 Å². The van der Waals surface area contributed by atoms with Crippen LogP contribution in [0.5, 0.6) is 5.75 Å². The maximum Gasteiger partial charge on any atom is 0.261 e. The molecule has 0 atom stereocenters. The molecule has 0 aromatic heterocycles. The summed E-state index contributed by atoms with van der Waals surface area (Å²) in [6.45, 7) is 7.54. The molecule has 0 aliphatic heterocycles. The SMILES string of the molecule is Cc1ccc(S(=O)(=O)Nc2ccc(C(=O)Nc3ccc(OC(C)C)cc3)cc2C)cc1. The number of hydrogen-bond acceptors (Lipinski definition) is 4. The summed E-state index contributed by atoms with van der Waals surface area (Å²) in [4.78, 5) is 12.8. The highest BCUT2D eigenvalue weighted by Gasteiger charge is 2.16. The molecule has 0 aliphatic carbocycles. The Bertz CT molecular complexity index is 1170. The van der Waals surface area contributed by atoms with Crippen LogP contribution in [0.1, 0.15) is 35.3 Å². The van der Waals surface area contributed by atoms with Crippen molar-refractivity contribution in [1.82, 2.24) is 0 Å². The molecule has 3 aromatic rings. The molecular formula is C24H26N2O4S. The van der Waals surface area contributed by atoms with Gasteiger partial charge in [-0.15, -0.1) is 0 Å². The van der Waals surface area contributed by atoms with Crippen molar-refractivity contribution >= 4 is 27.3 Å². The average molecular weight is 439 g/mol. The molecule has 3 rings (SSSR count). The molecular weight excluding hydrogens is 412 g/mol. The Morgan fingerprint density at radius 1 is 0.903 bits per heavy atom. The van der Waals surface area contributed by atoms with Crippen molar-refractivity contribution < 1.29 is 17.9 Å². The van der Waals surface area contributed by atoms with Gasteiger partial charge in [-0.1, -0.05) is 17.7 Å². The van der Waals surface area contributed by atoms with E-state index in [1.807, 2.05) is 20.8 Å². The lowest BCUT2D eigenvalue weighted by Crippen LogP contribution is -2.15. The standard InChI is InChI=1S/C24H26N2O4S/c1-16(2)30-21-10-8-20(9-11-21)25-24(27)19-7-14-23(18(4)15-19)26-31(28,29)22-12-5-17(3)6-13-22/h5-16,26H,1-4H3,(H,25,27). The second-order valence-electron chi connectivity index (χ2n) is 7.59. The number of rotatable bonds is 7. The van der Waals surface area contributed by atoms with E-state index in [1.54, 1.807) is 73.7 Å². The smallest absolute Gasteiger partial charge is 0.261 e. The van der Waals surface area contributed by atoms with Gasteiger partial charge >= 0.3 is 0 Å². The normalized spacial score (nSPS) is 11.3. The number of nitrogens with one attached hydrogen (secondary N) is 2. The van der Waals surface area contributed by atoms with Crippen molar-refractivity contribution in [3.63, 3.8) is 0 Å². The Morgan fingerprint density at radius 3 is 2.13 bits per heavy atom. The first-order valence-electron chi connectivity index (χ1n) is 9.92. The number of benzene rings is 3. The quantitative estimate of drug-likeness (QED) is 0.535. The summed E-state index contributed by atoms with van der Waals surface area (Å²) in [7, 11) is -3.71. The molecule has 0 aliphatic rings. The minimum Gasteiger partial charge on any atom is -0.491 e. The second-order valence-corrected chi connectivity index (χ2v) is 9.28. The third-order valence-corrected chi connectivity index (χ3v) is 5.93. The van der Waals surface area contributed by atoms with Gasteiger partial charge in [0.1, 0.15) is 5.75 Å². The van der Waals surface area contributed by atoms with Crippen LogP contribution < -0.4 is 14.8 Å². The average Bonchev–Trinajstić information content (AvgIpc) is 2.71. The highest BCUT2D eigenvalue weighted by Crippen LogP contribution is 2.22. The predicted octanol–water partition coefficient (Wildman–Crippen LogP) is 5.14. The Hall–Kier alpha value is -3.32. The lowest BCUT2D eigenvalue weighted by Gasteiger charge is -2.13. The van der Waals surface area contributed by atoms with Gasteiger partial charge in [-0.05, 0) is 87.9 Å². The molecule has 2 N–H and O–H groups in total. The van der Waals surface area contributed by atoms with Gasteiger partial charge in [0.25, 0.3) is 15.9 Å². The van der Waals surface area contributed by atoms with Crippen LogP contribution in [0.15, 0.2) is 71.6 Å². The largest absolute Gasteiger partial charge is 0.491 e. The Balaban J connectivity index is 1.71. The summed E-state index contributed by atoms with van der Waals surface area (Å²) in [6, 6.07) is 18.6. The fraction of sp³-hybridized carbons (Fsp3) is 0.208. The monoisotopic (exact) mass is 438 g/mol. The molecule has 0 heterocycles. The van der Waals surface area contributed by atoms with E-state index in [9.17, 15) is 13.2 Å². The molecule has 0 fully saturated rings. The van der Waals surface area contributed by atoms with Crippen LogP contribution in [0.25, 0.3) is 0 Å². The van der Waals surface area contributed by atoms with Crippen molar-refractivity contribution in [3.05, 3.63) is 83.4 Å². The van der Waals surface area contributed by atoms with E-state index in [0.29, 0.717) is 22.5 Å². The highest BCUT2D eigenvalue weighted by molar-refractivity contribution is 7.92. The Kier molecular flexibility index (Phi) is 6.65. The van der Waals surface area contributed by atoms with Crippen molar-refractivity contribution in [1.29, 1.82) is 0 Å². The van der Waals surface area contributed by atoms with Gasteiger partial charge in [0.2, 0.25) is 0 Å². The van der Waals surface area contributed by atoms with E-state index in [1.165, 1.54) is 0 Å². The van der Waals surface area contributed by atoms with Gasteiger partial charge < -0.3 is 10.1 Å². The summed E-state index contributed by atoms with van der Waals surface area (Å²) in [5, 5.41) is 2.83. The summed E-state index contributed by atoms with van der Waals surface area (Å²) >= 11 is 0. The molecule has 0 bridgehead atoms. The lowest BCUT2D eigenvalue weighted by atomic mass is 10.1. The molecule has 1 amide bonds. The predicted molar refractivity (Wildman–Crippen MR) is 123 cm³/mol. The maximum atomic E-state index is 12.6. The fourth-order valence-electron chi connectivity index (χ4n) is 2.93. The summed E-state index contributed by atoms with van der Waals surface area (Å²) in [5.41, 5.74) is 3.12. The van der Waals surface area contributed by atoms with Crippen molar-refractivity contribution in [3.8, 4) is 5.75 Å². The number of carbonyl (C=O) groups is 1. The van der Waals surface area contributed by atoms with Gasteiger partial charge in [0, 0.05) is 11.3 Å². The van der Waals surface area contributed by atoms with E-state index >= 15 is 0 Å². The van der Waals surface area contributed by atoms with Gasteiger partial charge in [-0.3, -0.25) is 9.52 Å². The number of sulfonamides is 1. The van der Waals surface area contributed by atoms with Gasteiger partial charge in [-0.25, -0.2) is 8.42 Å². The zero-order chi connectivity index (χ0) is 22.6. The van der Waals surface area contributed by atoms with Crippen LogP contribution in [0.4, 0.5) is 11.4 Å². The second kappa shape index (κ2) is 9.22. The van der Waals surface area contributed by atoms with Gasteiger partial charge in [0.05, 0.1) is 16.7 Å². The first kappa shape index (κ1) is 22.4. The minimum absolute atomic E-state index is 0.0744. The molecule has 0 spiro atoms. The molecule has 162 valence electrons. The fourth-order valence-corrected chi connectivity index (χ4v) is 4.06. The third kappa shape index (κ3) is 5.86. The first-order valence-corrected chi connectivity index (χ1v) is 11.4. The van der Waals surface area contributed by atoms with E-state index in [2.05, 4.69) is 10.0 Å². The number of aryl methyl sites for hydroxylation is 2. The molecule has 0 unspecified atom stereocenters. The van der Waals surface area contributed by atoms with Crippen molar-refractivity contribution in [2.24, 2.45) is 0 Å². The van der Waals surface area contributed by atoms with Crippen molar-refractivity contribution in [2.45, 2.75) is 38.7 Å². The number of carbonyl (C=O) groups excluding carboxylic acids is 1. The van der Waals surface area contributed by atoms with E-state index in [0.717, 1.165) is 11.3 Å². The molecule has 7 heteroatoms. The van der Waals surface area contributed by atoms with Crippen LogP contribution in [-0.4, -0.2) is 20.4 Å². The first-order chi connectivity index (χ1) is 14.6. The molecule has 6 nitrogen and oxygen atoms in total. The Morgan fingerprint density at radius 2 is 1.55 bits per heavy atom. The number of hydrogen-bond donors (Lipinski definition) is 2. The van der Waals surface area contributed by atoms with E-state index in [-0.39, 0.29) is 16.9 Å². The lowest BCUT2D eigenvalue weighted by molar-refractivity contribution is 0.102. The highest BCUT2D eigenvalue weighted by atomic mass is 32.2. The van der Waals surface area contributed by atoms with E-state index < -0.39 is 10.0 Å². The summed E-state index contributed by atoms with van der Waals surface area (Å²) in [5.74, 6) is 0.447. The van der Waals surface area contributed by atoms with Crippen LogP contribution in [0, 0.1) is 13.8 Å². The molecule has 31 heavy (non-hydrogen) atoms. The number of anilines is 2. The summed E-state index contributed by atoms with van der Waals surface area (Å²) in [6.07, 6.45) is 0.0744. The van der Waals surface area contributed by atoms with Gasteiger partial charge in [-0.2, -0.15) is 0 Å².